The van der Waals surface area contributed by atoms with Crippen molar-refractivity contribution in [2.24, 2.45) is 0 Å². The molecule has 0 spiro atoms. The number of hydrogen-bond acceptors (Lipinski definition) is 3. The van der Waals surface area contributed by atoms with E-state index in [-0.39, 0.29) is 0 Å². The van der Waals surface area contributed by atoms with Gasteiger partial charge in [0, 0.05) is 5.56 Å². The van der Waals surface area contributed by atoms with E-state index in [4.69, 9.17) is 9.47 Å². The molecular formula is C15H12O3. The molecule has 1 heterocycles. The first-order chi connectivity index (χ1) is 8.79. The van der Waals surface area contributed by atoms with Gasteiger partial charge in [-0.05, 0) is 16.8 Å². The summed E-state index contributed by atoms with van der Waals surface area (Å²) in [5.41, 5.74) is 0.948. The number of rotatable bonds is 2. The Morgan fingerprint density at radius 2 is 1.83 bits per heavy atom. The zero-order chi connectivity index (χ0) is 12.5. The van der Waals surface area contributed by atoms with Crippen molar-refractivity contribution in [2.45, 2.75) is 12.2 Å². The number of benzene rings is 2. The number of carbonyl (C=O) groups is 1. The van der Waals surface area contributed by atoms with E-state index in [0.29, 0.717) is 0 Å². The molecule has 3 heteroatoms. The van der Waals surface area contributed by atoms with Gasteiger partial charge in [-0.15, -0.1) is 0 Å². The SMILES string of the molecule is C=CC1OC(=O)OC1c1cccc2ccccc12. The van der Waals surface area contributed by atoms with Crippen LogP contribution in [0, 0.1) is 0 Å². The van der Waals surface area contributed by atoms with Gasteiger partial charge in [0.2, 0.25) is 0 Å². The Morgan fingerprint density at radius 1 is 1.06 bits per heavy atom. The van der Waals surface area contributed by atoms with Gasteiger partial charge in [0.05, 0.1) is 0 Å². The van der Waals surface area contributed by atoms with Crippen LogP contribution in [0.4, 0.5) is 4.79 Å². The average molecular weight is 240 g/mol. The zero-order valence-electron chi connectivity index (χ0n) is 9.71. The van der Waals surface area contributed by atoms with Crippen LogP contribution in [0.5, 0.6) is 0 Å². The Morgan fingerprint density at radius 3 is 2.67 bits per heavy atom. The third-order valence-corrected chi connectivity index (χ3v) is 3.12. The molecule has 2 aromatic carbocycles. The number of cyclic esters (lactones) is 2. The third kappa shape index (κ3) is 1.64. The average Bonchev–Trinajstić information content (AvgIpc) is 2.79. The van der Waals surface area contributed by atoms with E-state index in [1.54, 1.807) is 6.08 Å². The van der Waals surface area contributed by atoms with Crippen molar-refractivity contribution in [3.05, 3.63) is 60.7 Å². The van der Waals surface area contributed by atoms with Crippen molar-refractivity contribution in [1.82, 2.24) is 0 Å². The van der Waals surface area contributed by atoms with Gasteiger partial charge in [0.1, 0.15) is 0 Å². The van der Waals surface area contributed by atoms with E-state index in [9.17, 15) is 4.79 Å². The summed E-state index contributed by atoms with van der Waals surface area (Å²) in [6.45, 7) is 3.68. The van der Waals surface area contributed by atoms with Crippen LogP contribution in [0.2, 0.25) is 0 Å². The lowest BCUT2D eigenvalue weighted by Crippen LogP contribution is -2.12. The fraction of sp³-hybridized carbons (Fsp3) is 0.133. The van der Waals surface area contributed by atoms with E-state index in [2.05, 4.69) is 6.58 Å². The van der Waals surface area contributed by atoms with Gasteiger partial charge in [-0.25, -0.2) is 4.79 Å². The van der Waals surface area contributed by atoms with E-state index in [1.165, 1.54) is 0 Å². The van der Waals surface area contributed by atoms with Crippen molar-refractivity contribution < 1.29 is 14.3 Å². The van der Waals surface area contributed by atoms with Gasteiger partial charge in [-0.1, -0.05) is 49.0 Å². The second-order valence-corrected chi connectivity index (χ2v) is 4.17. The van der Waals surface area contributed by atoms with Crippen LogP contribution < -0.4 is 0 Å². The summed E-state index contributed by atoms with van der Waals surface area (Å²) >= 11 is 0. The van der Waals surface area contributed by atoms with Crippen LogP contribution in [-0.4, -0.2) is 12.3 Å². The van der Waals surface area contributed by atoms with E-state index in [0.717, 1.165) is 16.3 Å². The minimum atomic E-state index is -0.641. The fourth-order valence-corrected chi connectivity index (χ4v) is 2.28. The molecule has 0 bridgehead atoms. The molecule has 2 unspecified atom stereocenters. The van der Waals surface area contributed by atoms with Gasteiger partial charge in [-0.3, -0.25) is 0 Å². The maximum absolute atomic E-state index is 11.2. The van der Waals surface area contributed by atoms with Gasteiger partial charge < -0.3 is 9.47 Å². The Balaban J connectivity index is 2.14. The molecule has 0 amide bonds. The van der Waals surface area contributed by atoms with Gasteiger partial charge in [0.15, 0.2) is 12.2 Å². The topological polar surface area (TPSA) is 35.5 Å². The summed E-state index contributed by atoms with van der Waals surface area (Å²) in [6.07, 6.45) is 0.111. The van der Waals surface area contributed by atoms with E-state index in [1.807, 2.05) is 42.5 Å². The molecule has 3 rings (SSSR count). The lowest BCUT2D eigenvalue weighted by Gasteiger charge is -2.14. The molecule has 90 valence electrons. The summed E-state index contributed by atoms with van der Waals surface area (Å²) in [5, 5.41) is 2.18. The van der Waals surface area contributed by atoms with Crippen molar-refractivity contribution >= 4 is 16.9 Å². The Hall–Kier alpha value is -2.29. The van der Waals surface area contributed by atoms with Gasteiger partial charge in [0.25, 0.3) is 0 Å². The highest BCUT2D eigenvalue weighted by molar-refractivity contribution is 5.86. The largest absolute Gasteiger partial charge is 0.509 e. The normalized spacial score (nSPS) is 22.6. The Labute approximate surface area is 105 Å². The molecule has 2 aromatic rings. The Kier molecular flexibility index (Phi) is 2.52. The minimum Gasteiger partial charge on any atom is -0.422 e. The maximum atomic E-state index is 11.2. The lowest BCUT2D eigenvalue weighted by atomic mass is 9.97. The first-order valence-electron chi connectivity index (χ1n) is 5.77. The van der Waals surface area contributed by atoms with Crippen LogP contribution >= 0.6 is 0 Å². The molecule has 1 aliphatic rings. The van der Waals surface area contributed by atoms with E-state index >= 15 is 0 Å². The predicted molar refractivity (Wildman–Crippen MR) is 68.2 cm³/mol. The molecule has 0 aliphatic carbocycles. The minimum absolute atomic E-state index is 0.416. The Bertz CT molecular complexity index is 613. The van der Waals surface area contributed by atoms with Gasteiger partial charge in [-0.2, -0.15) is 0 Å². The van der Waals surface area contributed by atoms with Crippen LogP contribution in [0.1, 0.15) is 11.7 Å². The lowest BCUT2D eigenvalue weighted by molar-refractivity contribution is 0.118. The summed E-state index contributed by atoms with van der Waals surface area (Å²) in [5.74, 6) is 0. The fourth-order valence-electron chi connectivity index (χ4n) is 2.28. The second kappa shape index (κ2) is 4.18. The molecule has 1 aliphatic heterocycles. The molecule has 1 fully saturated rings. The monoisotopic (exact) mass is 240 g/mol. The summed E-state index contributed by atoms with van der Waals surface area (Å²) in [6, 6.07) is 13.9. The highest BCUT2D eigenvalue weighted by Gasteiger charge is 2.36. The molecule has 0 aromatic heterocycles. The molecule has 0 radical (unpaired) electrons. The molecule has 3 nitrogen and oxygen atoms in total. The zero-order valence-corrected chi connectivity index (χ0v) is 9.71. The second-order valence-electron chi connectivity index (χ2n) is 4.17. The molecule has 0 N–H and O–H groups in total. The highest BCUT2D eigenvalue weighted by atomic mass is 16.8. The van der Waals surface area contributed by atoms with Crippen LogP contribution in [0.25, 0.3) is 10.8 Å². The van der Waals surface area contributed by atoms with Gasteiger partial charge >= 0.3 is 6.16 Å². The quantitative estimate of drug-likeness (QED) is 0.594. The molecule has 18 heavy (non-hydrogen) atoms. The molecule has 1 saturated heterocycles. The molecule has 2 atom stereocenters. The number of carbonyl (C=O) groups excluding carboxylic acids is 1. The maximum Gasteiger partial charge on any atom is 0.509 e. The van der Waals surface area contributed by atoms with Crippen molar-refractivity contribution in [3.63, 3.8) is 0 Å². The predicted octanol–water partition coefficient (Wildman–Crippen LogP) is 3.60. The van der Waals surface area contributed by atoms with Crippen LogP contribution in [0.3, 0.4) is 0 Å². The summed E-state index contributed by atoms with van der Waals surface area (Å²) < 4.78 is 10.3. The number of hydrogen-bond donors (Lipinski definition) is 0. The number of fused-ring (bicyclic) bond motifs is 1. The molecule has 0 saturated carbocycles. The summed E-state index contributed by atoms with van der Waals surface area (Å²) in [7, 11) is 0. The number of ether oxygens (including phenoxy) is 2. The van der Waals surface area contributed by atoms with E-state index < -0.39 is 18.4 Å². The highest BCUT2D eigenvalue weighted by Crippen LogP contribution is 2.34. The first kappa shape index (κ1) is 10.8. The molecular weight excluding hydrogens is 228 g/mol. The standard InChI is InChI=1S/C15H12O3/c1-2-13-14(18-15(16)17-13)12-9-5-7-10-6-3-4-8-11(10)12/h2-9,13-14H,1H2. The third-order valence-electron chi connectivity index (χ3n) is 3.12. The van der Waals surface area contributed by atoms with Crippen molar-refractivity contribution in [3.8, 4) is 0 Å². The smallest absolute Gasteiger partial charge is 0.422 e. The first-order valence-corrected chi connectivity index (χ1v) is 5.77. The van der Waals surface area contributed by atoms with Crippen LogP contribution in [-0.2, 0) is 9.47 Å². The summed E-state index contributed by atoms with van der Waals surface area (Å²) in [4.78, 5) is 11.2. The van der Waals surface area contributed by atoms with Crippen LogP contribution in [0.15, 0.2) is 55.1 Å². The van der Waals surface area contributed by atoms with Crippen molar-refractivity contribution in [1.29, 1.82) is 0 Å². The van der Waals surface area contributed by atoms with Crippen molar-refractivity contribution in [2.75, 3.05) is 0 Å².